The fourth-order valence-corrected chi connectivity index (χ4v) is 3.57. The van der Waals surface area contributed by atoms with E-state index in [1.54, 1.807) is 44.2 Å². The Labute approximate surface area is 183 Å². The zero-order valence-electron chi connectivity index (χ0n) is 18.1. The number of hydrogen-bond donors (Lipinski definition) is 1. The molecule has 1 N–H and O–H groups in total. The van der Waals surface area contributed by atoms with Gasteiger partial charge in [-0.15, -0.1) is 0 Å². The lowest BCUT2D eigenvalue weighted by Gasteiger charge is -2.35. The van der Waals surface area contributed by atoms with Gasteiger partial charge in [-0.3, -0.25) is 9.79 Å². The van der Waals surface area contributed by atoms with Crippen LogP contribution < -0.4 is 10.3 Å². The molecule has 0 saturated carbocycles. The molecule has 3 rings (SSSR count). The second-order valence-electron chi connectivity index (χ2n) is 8.28. The van der Waals surface area contributed by atoms with Crippen molar-refractivity contribution in [3.63, 3.8) is 0 Å². The van der Waals surface area contributed by atoms with Crippen molar-refractivity contribution in [3.05, 3.63) is 64.6 Å². The number of ether oxygens (including phenoxy) is 1. The number of aliphatic imine (C=N–C) groups is 1. The molecule has 3 aromatic rings. The first-order valence-electron chi connectivity index (χ1n) is 9.82. The standard InChI is InChI=1S/C23H24F3N3O3/c1-21(2,15-7-5-8-16(11-15)32-4)13-22(31,23(24,25)26)14-27-19-10-6-9-17-18(19)12-28-29(3)20(17)30/h5-12,14,31H,13H2,1-4H3/b27-14+. The summed E-state index contributed by atoms with van der Waals surface area (Å²) in [5.41, 5.74) is -4.00. The molecule has 0 aliphatic carbocycles. The van der Waals surface area contributed by atoms with E-state index >= 15 is 0 Å². The summed E-state index contributed by atoms with van der Waals surface area (Å²) in [6.45, 7) is 3.22. The molecule has 0 radical (unpaired) electrons. The lowest BCUT2D eigenvalue weighted by Crippen LogP contribution is -2.50. The minimum atomic E-state index is -4.98. The first kappa shape index (κ1) is 23.5. The highest BCUT2D eigenvalue weighted by Gasteiger charge is 2.55. The van der Waals surface area contributed by atoms with Crippen molar-refractivity contribution in [3.8, 4) is 5.75 Å². The van der Waals surface area contributed by atoms with Gasteiger partial charge in [0.05, 0.1) is 24.4 Å². The molecule has 1 atom stereocenters. The number of fused-ring (bicyclic) bond motifs is 1. The van der Waals surface area contributed by atoms with Crippen LogP contribution in [0.15, 0.2) is 58.4 Å². The average molecular weight is 447 g/mol. The molecule has 9 heteroatoms. The van der Waals surface area contributed by atoms with Crippen LogP contribution in [-0.2, 0) is 12.5 Å². The predicted molar refractivity (Wildman–Crippen MR) is 117 cm³/mol. The van der Waals surface area contributed by atoms with Crippen molar-refractivity contribution in [1.29, 1.82) is 0 Å². The third-order valence-corrected chi connectivity index (χ3v) is 5.44. The summed E-state index contributed by atoms with van der Waals surface area (Å²) in [6, 6.07) is 11.2. The molecule has 1 heterocycles. The quantitative estimate of drug-likeness (QED) is 0.572. The minimum absolute atomic E-state index is 0.106. The van der Waals surface area contributed by atoms with E-state index in [1.165, 1.54) is 32.5 Å². The van der Waals surface area contributed by atoms with Gasteiger partial charge in [0.2, 0.25) is 0 Å². The van der Waals surface area contributed by atoms with Crippen molar-refractivity contribution in [2.45, 2.75) is 37.5 Å². The van der Waals surface area contributed by atoms with Crippen LogP contribution in [0, 0.1) is 0 Å². The van der Waals surface area contributed by atoms with Crippen LogP contribution in [0.5, 0.6) is 5.75 Å². The fraction of sp³-hybridized carbons (Fsp3) is 0.348. The Morgan fingerprint density at radius 2 is 1.84 bits per heavy atom. The summed E-state index contributed by atoms with van der Waals surface area (Å²) in [4.78, 5) is 16.2. The predicted octanol–water partition coefficient (Wildman–Crippen LogP) is 4.31. The molecule has 0 bridgehead atoms. The van der Waals surface area contributed by atoms with Gasteiger partial charge in [-0.2, -0.15) is 18.3 Å². The molecule has 2 aromatic carbocycles. The maximum absolute atomic E-state index is 14.0. The number of nitrogens with zero attached hydrogens (tertiary/aromatic N) is 3. The Hall–Kier alpha value is -3.20. The largest absolute Gasteiger partial charge is 0.497 e. The van der Waals surface area contributed by atoms with Gasteiger partial charge in [0, 0.05) is 18.6 Å². The molecule has 1 unspecified atom stereocenters. The topological polar surface area (TPSA) is 76.7 Å². The lowest BCUT2D eigenvalue weighted by atomic mass is 9.75. The third-order valence-electron chi connectivity index (χ3n) is 5.44. The van der Waals surface area contributed by atoms with E-state index in [2.05, 4.69) is 10.1 Å². The molecular weight excluding hydrogens is 423 g/mol. The van der Waals surface area contributed by atoms with Crippen LogP contribution >= 0.6 is 0 Å². The van der Waals surface area contributed by atoms with Gasteiger partial charge in [-0.1, -0.05) is 32.0 Å². The van der Waals surface area contributed by atoms with E-state index in [1.807, 2.05) is 0 Å². The van der Waals surface area contributed by atoms with Gasteiger partial charge in [0.15, 0.2) is 5.60 Å². The van der Waals surface area contributed by atoms with Crippen LogP contribution in [0.4, 0.5) is 18.9 Å². The number of benzene rings is 2. The SMILES string of the molecule is COc1cccc(C(C)(C)CC(O)(/C=N/c2cccc3c(=O)n(C)ncc23)C(F)(F)F)c1. The molecule has 1 aromatic heterocycles. The van der Waals surface area contributed by atoms with Gasteiger partial charge in [0.1, 0.15) is 5.75 Å². The average Bonchev–Trinajstić information content (AvgIpc) is 2.74. The van der Waals surface area contributed by atoms with Crippen molar-refractivity contribution in [2.75, 3.05) is 7.11 Å². The van der Waals surface area contributed by atoms with Crippen LogP contribution in [0.25, 0.3) is 10.8 Å². The summed E-state index contributed by atoms with van der Waals surface area (Å²) < 4.78 is 48.3. The van der Waals surface area contributed by atoms with Gasteiger partial charge in [-0.05, 0) is 41.7 Å². The highest BCUT2D eigenvalue weighted by atomic mass is 19.4. The molecule has 6 nitrogen and oxygen atoms in total. The normalized spacial score (nSPS) is 14.6. The number of alkyl halides is 3. The molecule has 0 aliphatic rings. The van der Waals surface area contributed by atoms with Crippen LogP contribution in [0.2, 0.25) is 0 Å². The molecule has 170 valence electrons. The van der Waals surface area contributed by atoms with E-state index in [-0.39, 0.29) is 11.1 Å². The molecular formula is C23H24F3N3O3. The minimum Gasteiger partial charge on any atom is -0.497 e. The Morgan fingerprint density at radius 1 is 1.16 bits per heavy atom. The van der Waals surface area contributed by atoms with E-state index in [0.717, 1.165) is 4.68 Å². The summed E-state index contributed by atoms with van der Waals surface area (Å²) >= 11 is 0. The van der Waals surface area contributed by atoms with Gasteiger partial charge < -0.3 is 9.84 Å². The third kappa shape index (κ3) is 4.52. The van der Waals surface area contributed by atoms with E-state index < -0.39 is 29.2 Å². The smallest absolute Gasteiger partial charge is 0.422 e. The molecule has 32 heavy (non-hydrogen) atoms. The van der Waals surface area contributed by atoms with E-state index in [0.29, 0.717) is 22.9 Å². The number of methoxy groups -OCH3 is 1. The number of halogens is 3. The summed E-state index contributed by atoms with van der Waals surface area (Å²) in [7, 11) is 2.94. The second kappa shape index (κ2) is 8.38. The number of rotatable bonds is 6. The van der Waals surface area contributed by atoms with Gasteiger partial charge >= 0.3 is 6.18 Å². The highest BCUT2D eigenvalue weighted by Crippen LogP contribution is 2.41. The van der Waals surface area contributed by atoms with Crippen LogP contribution in [-0.4, -0.2) is 40.0 Å². The zero-order chi connectivity index (χ0) is 23.7. The summed E-state index contributed by atoms with van der Waals surface area (Å²) in [5.74, 6) is 0.504. The Morgan fingerprint density at radius 3 is 2.50 bits per heavy atom. The molecule has 0 aliphatic heterocycles. The van der Waals surface area contributed by atoms with Crippen molar-refractivity contribution in [1.82, 2.24) is 9.78 Å². The number of aryl methyl sites for hydroxylation is 1. The first-order valence-corrected chi connectivity index (χ1v) is 9.82. The highest BCUT2D eigenvalue weighted by molar-refractivity contribution is 5.93. The monoisotopic (exact) mass is 447 g/mol. The molecule has 0 spiro atoms. The van der Waals surface area contributed by atoms with E-state index in [4.69, 9.17) is 4.74 Å². The Kier molecular flexibility index (Phi) is 6.15. The van der Waals surface area contributed by atoms with E-state index in [9.17, 15) is 23.1 Å². The summed E-state index contributed by atoms with van der Waals surface area (Å²) in [6.07, 6.45) is -3.80. The lowest BCUT2D eigenvalue weighted by molar-refractivity contribution is -0.234. The fourth-order valence-electron chi connectivity index (χ4n) is 3.57. The number of aliphatic hydroxyl groups is 1. The first-order chi connectivity index (χ1) is 14.9. The summed E-state index contributed by atoms with van der Waals surface area (Å²) in [5, 5.41) is 15.2. The number of aromatic nitrogens is 2. The maximum Gasteiger partial charge on any atom is 0.422 e. The zero-order valence-corrected chi connectivity index (χ0v) is 18.1. The van der Waals surface area contributed by atoms with Crippen LogP contribution in [0.3, 0.4) is 0 Å². The van der Waals surface area contributed by atoms with Gasteiger partial charge in [0.25, 0.3) is 5.56 Å². The second-order valence-corrected chi connectivity index (χ2v) is 8.28. The maximum atomic E-state index is 14.0. The molecule has 0 fully saturated rings. The Balaban J connectivity index is 2.03. The number of hydrogen-bond acceptors (Lipinski definition) is 5. The Bertz CT molecular complexity index is 1220. The molecule has 0 saturated heterocycles. The molecule has 0 amide bonds. The van der Waals surface area contributed by atoms with Crippen molar-refractivity contribution >= 4 is 22.7 Å². The van der Waals surface area contributed by atoms with Crippen molar-refractivity contribution in [2.24, 2.45) is 12.0 Å². The van der Waals surface area contributed by atoms with Gasteiger partial charge in [-0.25, -0.2) is 4.68 Å². The van der Waals surface area contributed by atoms with Crippen molar-refractivity contribution < 1.29 is 23.0 Å². The van der Waals surface area contributed by atoms with Crippen LogP contribution in [0.1, 0.15) is 25.8 Å².